The summed E-state index contributed by atoms with van der Waals surface area (Å²) in [5.41, 5.74) is 5.23. The summed E-state index contributed by atoms with van der Waals surface area (Å²) in [6, 6.07) is 48.6. The van der Waals surface area contributed by atoms with E-state index in [2.05, 4.69) is 21.4 Å². The van der Waals surface area contributed by atoms with E-state index < -0.39 is 24.1 Å². The van der Waals surface area contributed by atoms with Crippen molar-refractivity contribution in [1.29, 1.82) is 0 Å². The molecule has 15 heteroatoms. The number of nitrogens with one attached hydrogen (secondary N) is 1. The second kappa shape index (κ2) is 28.0. The molecule has 0 spiro atoms. The summed E-state index contributed by atoms with van der Waals surface area (Å²) in [5.74, 6) is -1.50. The van der Waals surface area contributed by atoms with Crippen LogP contribution in [-0.4, -0.2) is 74.7 Å². The molecular formula is C52H54LiNO13. The number of aldehydes is 1. The number of ketones is 1. The zero-order chi connectivity index (χ0) is 47.3. The van der Waals surface area contributed by atoms with Gasteiger partial charge in [0.25, 0.3) is 5.91 Å². The number of hydrogen-bond donors (Lipinski definition) is 1. The van der Waals surface area contributed by atoms with Gasteiger partial charge in [-0.05, 0) is 41.3 Å². The quantitative estimate of drug-likeness (QED) is 0.0400. The Kier molecular flexibility index (Phi) is 22.2. The Labute approximate surface area is 402 Å². The van der Waals surface area contributed by atoms with Gasteiger partial charge in [0.1, 0.15) is 43.0 Å². The largest absolute Gasteiger partial charge is 1.00 e. The summed E-state index contributed by atoms with van der Waals surface area (Å²) in [6.45, 7) is 7.67. The van der Waals surface area contributed by atoms with Crippen molar-refractivity contribution in [3.63, 3.8) is 0 Å². The van der Waals surface area contributed by atoms with E-state index in [1.165, 1.54) is 7.11 Å². The van der Waals surface area contributed by atoms with Crippen LogP contribution in [0.2, 0.25) is 0 Å². The fraction of sp³-hybridized carbons (Fsp3) is 0.288. The van der Waals surface area contributed by atoms with Crippen LogP contribution >= 0.6 is 0 Å². The summed E-state index contributed by atoms with van der Waals surface area (Å²) < 4.78 is 34.6. The molecule has 9 rings (SSSR count). The first-order valence-corrected chi connectivity index (χ1v) is 21.4. The van der Waals surface area contributed by atoms with Crippen molar-refractivity contribution in [1.82, 2.24) is 5.32 Å². The number of amides is 1. The molecule has 4 aliphatic rings. The van der Waals surface area contributed by atoms with Gasteiger partial charge in [-0.3, -0.25) is 14.4 Å². The first-order valence-electron chi connectivity index (χ1n) is 21.4. The number of esters is 2. The average Bonchev–Trinajstić information content (AvgIpc) is 4.16. The molecule has 5 aromatic rings. The number of ether oxygens (including phenoxy) is 7. The summed E-state index contributed by atoms with van der Waals surface area (Å²) in [5, 5.41) is 12.6. The monoisotopic (exact) mass is 907 g/mol. The number of methoxy groups -OCH3 is 1. The van der Waals surface area contributed by atoms with E-state index in [0.717, 1.165) is 34.1 Å². The third kappa shape index (κ3) is 18.1. The maximum atomic E-state index is 11.9. The molecule has 0 unspecified atom stereocenters. The van der Waals surface area contributed by atoms with E-state index in [1.807, 2.05) is 152 Å². The van der Waals surface area contributed by atoms with Gasteiger partial charge < -0.3 is 48.4 Å². The minimum atomic E-state index is -0.486. The molecule has 1 N–H and O–H groups in total. The summed E-state index contributed by atoms with van der Waals surface area (Å²) in [4.78, 5) is 55.9. The number of epoxide rings is 4. The van der Waals surface area contributed by atoms with Crippen LogP contribution in [0.5, 0.6) is 0 Å². The van der Waals surface area contributed by atoms with Crippen molar-refractivity contribution >= 4 is 29.9 Å². The fourth-order valence-electron chi connectivity index (χ4n) is 6.41. The van der Waals surface area contributed by atoms with Crippen LogP contribution in [0.4, 0.5) is 0 Å². The van der Waals surface area contributed by atoms with Crippen molar-refractivity contribution in [2.75, 3.05) is 20.3 Å². The zero-order valence-electron chi connectivity index (χ0n) is 38.0. The van der Waals surface area contributed by atoms with E-state index in [9.17, 15) is 29.1 Å². The van der Waals surface area contributed by atoms with Crippen LogP contribution in [0, 0.1) is 0 Å². The average molecular weight is 908 g/mol. The van der Waals surface area contributed by atoms with Crippen molar-refractivity contribution in [3.05, 3.63) is 192 Å². The molecule has 0 radical (unpaired) electrons. The zero-order valence-corrected chi connectivity index (χ0v) is 38.0. The van der Waals surface area contributed by atoms with E-state index in [-0.39, 0.29) is 79.6 Å². The molecule has 4 aliphatic heterocycles. The Morgan fingerprint density at radius 1 is 0.597 bits per heavy atom. The molecule has 0 saturated carbocycles. The molecule has 1 amide bonds. The second-order valence-corrected chi connectivity index (χ2v) is 14.7. The molecule has 0 bridgehead atoms. The Morgan fingerprint density at radius 3 is 1.40 bits per heavy atom. The smallest absolute Gasteiger partial charge is 0.614 e. The molecule has 67 heavy (non-hydrogen) atoms. The first-order chi connectivity index (χ1) is 32.1. The van der Waals surface area contributed by atoms with E-state index in [1.54, 1.807) is 13.8 Å². The van der Waals surface area contributed by atoms with Crippen LogP contribution in [0.15, 0.2) is 164 Å². The standard InChI is InChI=1S/C16H15NO2.C13H14O4.C10H10O3.C9H8O2.C4H8O2.Li/c18-16(17-11-12-7-3-1-4-8-12)15-14(19-15)13-9-5-2-6-10-13;1-2-16-11(15)8-10(14)13-12(17-13)9-6-4-3-5-7-9;1-12-10(11)9-8(13-9)7-5-3-2-4-6-7;10-6-8-9(11-8)7-4-2-1-3-5-7;1-3-6-4(2)5;/h1-10,14-15H,11H2,(H,17,18);3-7,12-13H,2,8H2,1H3;2-6,8-9H,1H3;1-6,8-9H;5H,2-3H2,1H3;/q;;;;;+1/p-1/t14-,15+;12-,13-;8-,9+;8-,9-;;/m0000../s1. The molecule has 14 nitrogen and oxygen atoms in total. The molecular weight excluding hydrogens is 854 g/mol. The van der Waals surface area contributed by atoms with Crippen molar-refractivity contribution in [2.45, 2.75) is 75.6 Å². The van der Waals surface area contributed by atoms with Crippen LogP contribution in [-0.2, 0) is 63.7 Å². The molecule has 0 aliphatic carbocycles. The molecule has 4 heterocycles. The predicted molar refractivity (Wildman–Crippen MR) is 240 cm³/mol. The number of Topliss-reactive ketones (excluding diaryl/α,β-unsaturated/α-hetero) is 1. The topological polar surface area (TPSA) is 198 Å². The number of benzene rings is 5. The summed E-state index contributed by atoms with van der Waals surface area (Å²) in [6.07, 6.45) is -1.14. The van der Waals surface area contributed by atoms with Crippen molar-refractivity contribution in [3.8, 4) is 0 Å². The van der Waals surface area contributed by atoms with Crippen LogP contribution in [0.1, 0.15) is 72.5 Å². The molecule has 346 valence electrons. The Hall–Kier alpha value is -6.37. The number of carbonyl (C=O) groups excluding carboxylic acids is 5. The van der Waals surface area contributed by atoms with Gasteiger partial charge in [0.05, 0.1) is 13.7 Å². The van der Waals surface area contributed by atoms with Gasteiger partial charge in [-0.25, -0.2) is 4.79 Å². The number of carbonyl (C=O) groups is 5. The fourth-order valence-corrected chi connectivity index (χ4v) is 6.41. The Balaban J connectivity index is 0.000000189. The van der Waals surface area contributed by atoms with Crippen LogP contribution in [0.3, 0.4) is 0 Å². The molecule has 0 aromatic heterocycles. The minimum absolute atomic E-state index is 0. The molecule has 5 aromatic carbocycles. The van der Waals surface area contributed by atoms with Gasteiger partial charge in [0.2, 0.25) is 0 Å². The third-order valence-corrected chi connectivity index (χ3v) is 9.89. The number of rotatable bonds is 15. The Bertz CT molecular complexity index is 2290. The minimum Gasteiger partial charge on any atom is -0.614 e. The predicted octanol–water partition coefficient (Wildman–Crippen LogP) is 3.58. The molecule has 4 saturated heterocycles. The number of hydrogen-bond acceptors (Lipinski definition) is 13. The van der Waals surface area contributed by atoms with Gasteiger partial charge in [0.15, 0.2) is 24.3 Å². The maximum absolute atomic E-state index is 11.9. The van der Waals surface area contributed by atoms with Gasteiger partial charge in [-0.1, -0.05) is 165 Å². The first kappa shape index (κ1) is 53.2. The van der Waals surface area contributed by atoms with Crippen molar-refractivity contribution < 1.29 is 81.1 Å². The van der Waals surface area contributed by atoms with Crippen LogP contribution < -0.4 is 29.3 Å². The summed E-state index contributed by atoms with van der Waals surface area (Å²) >= 11 is 0. The molecule has 4 fully saturated rings. The van der Waals surface area contributed by atoms with Gasteiger partial charge in [-0.15, -0.1) is 0 Å². The van der Waals surface area contributed by atoms with Crippen molar-refractivity contribution in [2.24, 2.45) is 0 Å². The van der Waals surface area contributed by atoms with Gasteiger partial charge in [-0.2, -0.15) is 0 Å². The maximum Gasteiger partial charge on any atom is 1.00 e. The van der Waals surface area contributed by atoms with E-state index in [0.29, 0.717) is 19.8 Å². The molecule has 8 atom stereocenters. The SMILES string of the molecule is C=C([O-])OCC.CCOC(=O)CC(=O)[C@@H]1O[C@H]1c1ccccc1.COC(=O)[C@@H]1O[C@H]1c1ccccc1.O=C(NCc1ccccc1)[C@@H]1O[C@H]1c1ccccc1.O=C[C@@H]1O[C@H]1c1ccccc1.[Li+]. The Morgan fingerprint density at radius 2 is 1.00 bits per heavy atom. The second-order valence-electron chi connectivity index (χ2n) is 14.7. The summed E-state index contributed by atoms with van der Waals surface area (Å²) in [7, 11) is 1.37. The van der Waals surface area contributed by atoms with E-state index >= 15 is 0 Å². The van der Waals surface area contributed by atoms with Crippen LogP contribution in [0.25, 0.3) is 0 Å². The van der Waals surface area contributed by atoms with Gasteiger partial charge in [0, 0.05) is 12.5 Å². The van der Waals surface area contributed by atoms with Gasteiger partial charge >= 0.3 is 30.8 Å². The normalized spacial score (nSPS) is 21.7. The van der Waals surface area contributed by atoms with E-state index in [4.69, 9.17) is 23.7 Å². The third-order valence-electron chi connectivity index (χ3n) is 9.89.